The number of rotatable bonds is 3. The maximum atomic E-state index is 13.7. The number of likely N-dealkylation sites (tertiary alicyclic amines) is 2. The fourth-order valence-corrected chi connectivity index (χ4v) is 5.63. The molecule has 0 N–H and O–H groups in total. The number of carbonyl (C=O) groups is 1. The molecule has 0 saturated carbocycles. The molecule has 2 aromatic rings. The van der Waals surface area contributed by atoms with E-state index in [0.717, 1.165) is 49.3 Å². The van der Waals surface area contributed by atoms with Crippen LogP contribution >= 0.6 is 0 Å². The van der Waals surface area contributed by atoms with E-state index in [-0.39, 0.29) is 11.9 Å². The zero-order valence-corrected chi connectivity index (χ0v) is 18.3. The molecule has 0 bridgehead atoms. The van der Waals surface area contributed by atoms with Crippen LogP contribution in [0.2, 0.25) is 0 Å². The van der Waals surface area contributed by atoms with Crippen molar-refractivity contribution in [3.05, 3.63) is 52.8 Å². The first-order valence-corrected chi connectivity index (χ1v) is 11.1. The molecule has 156 valence electrons. The summed E-state index contributed by atoms with van der Waals surface area (Å²) in [6, 6.07) is 11.5. The fraction of sp³-hybridized carbons (Fsp3) is 0.583. The van der Waals surface area contributed by atoms with E-state index in [0.29, 0.717) is 12.0 Å². The maximum absolute atomic E-state index is 13.7. The summed E-state index contributed by atoms with van der Waals surface area (Å²) in [5.41, 5.74) is 4.26. The minimum Gasteiger partial charge on any atom is -0.333 e. The zero-order valence-electron chi connectivity index (χ0n) is 18.3. The Hall–Kier alpha value is -2.14. The third-order valence-electron chi connectivity index (χ3n) is 7.07. The number of amides is 1. The molecule has 3 heterocycles. The Labute approximate surface area is 174 Å². The molecule has 2 aliphatic rings. The highest BCUT2D eigenvalue weighted by Gasteiger charge is 2.44. The number of hydrogen-bond acceptors (Lipinski definition) is 3. The summed E-state index contributed by atoms with van der Waals surface area (Å²) >= 11 is 0. The number of aromatic nitrogens is 2. The Morgan fingerprint density at radius 2 is 1.86 bits per heavy atom. The van der Waals surface area contributed by atoms with Crippen molar-refractivity contribution in [1.29, 1.82) is 0 Å². The van der Waals surface area contributed by atoms with E-state index in [1.54, 1.807) is 4.68 Å². The molecule has 5 heteroatoms. The van der Waals surface area contributed by atoms with Crippen molar-refractivity contribution >= 4 is 5.91 Å². The van der Waals surface area contributed by atoms with Gasteiger partial charge in [0.25, 0.3) is 5.91 Å². The third kappa shape index (κ3) is 3.61. The first kappa shape index (κ1) is 20.1. The standard InChI is InChI=1S/C24H34N4O/c1-5-20-17(2)22(27(4)25-20)24(29)28-16-14-19(18-11-7-6-8-12-18)23-21(28)13-9-10-15-26(23)3/h6-8,11-12,19,21,23H,5,9-10,13-16H2,1-4H3/t19-,21-,23-/m1/s1. The van der Waals surface area contributed by atoms with Gasteiger partial charge >= 0.3 is 0 Å². The highest BCUT2D eigenvalue weighted by molar-refractivity contribution is 5.94. The van der Waals surface area contributed by atoms with Crippen LogP contribution in [0.3, 0.4) is 0 Å². The van der Waals surface area contributed by atoms with Crippen molar-refractivity contribution < 1.29 is 4.79 Å². The summed E-state index contributed by atoms with van der Waals surface area (Å²) in [6.45, 7) is 6.08. The molecule has 29 heavy (non-hydrogen) atoms. The fourth-order valence-electron chi connectivity index (χ4n) is 5.63. The topological polar surface area (TPSA) is 41.4 Å². The van der Waals surface area contributed by atoms with Crippen LogP contribution in [0.1, 0.15) is 65.8 Å². The van der Waals surface area contributed by atoms with Gasteiger partial charge in [-0.2, -0.15) is 5.10 Å². The van der Waals surface area contributed by atoms with E-state index in [9.17, 15) is 4.79 Å². The second-order valence-corrected chi connectivity index (χ2v) is 8.74. The molecular formula is C24H34N4O. The van der Waals surface area contributed by atoms with Gasteiger partial charge < -0.3 is 9.80 Å². The highest BCUT2D eigenvalue weighted by Crippen LogP contribution is 2.39. The van der Waals surface area contributed by atoms with Crippen LogP contribution in [0.15, 0.2) is 30.3 Å². The number of hydrogen-bond donors (Lipinski definition) is 0. The van der Waals surface area contributed by atoms with Crippen LogP contribution in [0.5, 0.6) is 0 Å². The lowest BCUT2D eigenvalue weighted by molar-refractivity contribution is 0.0309. The van der Waals surface area contributed by atoms with Gasteiger partial charge in [0, 0.05) is 37.2 Å². The minimum absolute atomic E-state index is 0.161. The van der Waals surface area contributed by atoms with Crippen LogP contribution in [-0.2, 0) is 13.5 Å². The average molecular weight is 395 g/mol. The zero-order chi connectivity index (χ0) is 20.5. The monoisotopic (exact) mass is 394 g/mol. The van der Waals surface area contributed by atoms with Gasteiger partial charge in [-0.05, 0) is 51.8 Å². The van der Waals surface area contributed by atoms with Gasteiger partial charge in [0.15, 0.2) is 0 Å². The third-order valence-corrected chi connectivity index (χ3v) is 7.07. The Bertz CT molecular complexity index is 859. The number of benzene rings is 1. The largest absolute Gasteiger partial charge is 0.333 e. The molecule has 1 aromatic carbocycles. The Morgan fingerprint density at radius 1 is 1.10 bits per heavy atom. The van der Waals surface area contributed by atoms with Crippen molar-refractivity contribution in [3.8, 4) is 0 Å². The van der Waals surface area contributed by atoms with Crippen molar-refractivity contribution in [2.45, 2.75) is 64.0 Å². The molecule has 0 aliphatic carbocycles. The van der Waals surface area contributed by atoms with E-state index in [1.165, 1.54) is 18.4 Å². The molecule has 0 spiro atoms. The Balaban J connectivity index is 1.69. The molecule has 2 saturated heterocycles. The molecule has 1 aromatic heterocycles. The Kier molecular flexibility index (Phi) is 5.77. The predicted octanol–water partition coefficient (Wildman–Crippen LogP) is 3.77. The lowest BCUT2D eigenvalue weighted by atomic mass is 9.79. The first-order chi connectivity index (χ1) is 14.0. The van der Waals surface area contributed by atoms with Gasteiger partial charge in [-0.1, -0.05) is 43.7 Å². The maximum Gasteiger partial charge on any atom is 0.272 e. The van der Waals surface area contributed by atoms with Crippen LogP contribution < -0.4 is 0 Å². The van der Waals surface area contributed by atoms with Crippen molar-refractivity contribution in [3.63, 3.8) is 0 Å². The van der Waals surface area contributed by atoms with Crippen LogP contribution in [0, 0.1) is 6.92 Å². The molecule has 0 unspecified atom stereocenters. The van der Waals surface area contributed by atoms with Crippen molar-refractivity contribution in [1.82, 2.24) is 19.6 Å². The average Bonchev–Trinajstić information content (AvgIpc) is 2.89. The summed E-state index contributed by atoms with van der Waals surface area (Å²) in [5.74, 6) is 0.640. The summed E-state index contributed by atoms with van der Waals surface area (Å²) in [6.07, 6.45) is 5.34. The van der Waals surface area contributed by atoms with Gasteiger partial charge in [0.1, 0.15) is 5.69 Å². The Morgan fingerprint density at radius 3 is 2.55 bits per heavy atom. The number of piperidine rings is 1. The normalized spacial score (nSPS) is 25.5. The number of aryl methyl sites for hydroxylation is 2. The van der Waals surface area contributed by atoms with E-state index >= 15 is 0 Å². The molecule has 2 fully saturated rings. The second kappa shape index (κ2) is 8.31. The number of nitrogens with zero attached hydrogens (tertiary/aromatic N) is 4. The molecular weight excluding hydrogens is 360 g/mol. The quantitative estimate of drug-likeness (QED) is 0.796. The van der Waals surface area contributed by atoms with E-state index in [4.69, 9.17) is 0 Å². The molecule has 5 nitrogen and oxygen atoms in total. The number of carbonyl (C=O) groups excluding carboxylic acids is 1. The van der Waals surface area contributed by atoms with Crippen LogP contribution in [-0.4, -0.2) is 57.7 Å². The van der Waals surface area contributed by atoms with Gasteiger partial charge in [-0.25, -0.2) is 0 Å². The van der Waals surface area contributed by atoms with Gasteiger partial charge in [-0.15, -0.1) is 0 Å². The summed E-state index contributed by atoms with van der Waals surface area (Å²) < 4.78 is 1.80. The van der Waals surface area contributed by atoms with E-state index in [2.05, 4.69) is 59.2 Å². The van der Waals surface area contributed by atoms with Crippen molar-refractivity contribution in [2.24, 2.45) is 7.05 Å². The van der Waals surface area contributed by atoms with Gasteiger partial charge in [0.2, 0.25) is 0 Å². The van der Waals surface area contributed by atoms with Crippen LogP contribution in [0.25, 0.3) is 0 Å². The minimum atomic E-state index is 0.161. The molecule has 0 radical (unpaired) electrons. The number of likely N-dealkylation sites (N-methyl/N-ethyl adjacent to an activating group) is 1. The highest BCUT2D eigenvalue weighted by atomic mass is 16.2. The molecule has 4 rings (SSSR count). The second-order valence-electron chi connectivity index (χ2n) is 8.74. The number of fused-ring (bicyclic) bond motifs is 1. The summed E-state index contributed by atoms with van der Waals surface area (Å²) in [5, 5.41) is 4.60. The SMILES string of the molecule is CCc1nn(C)c(C(=O)N2CC[C@H](c3ccccc3)[C@@H]3[C@H]2CCCCN3C)c1C. The van der Waals surface area contributed by atoms with E-state index < -0.39 is 0 Å². The van der Waals surface area contributed by atoms with Gasteiger partial charge in [-0.3, -0.25) is 9.48 Å². The predicted molar refractivity (Wildman–Crippen MR) is 116 cm³/mol. The summed E-state index contributed by atoms with van der Waals surface area (Å²) in [4.78, 5) is 18.4. The smallest absolute Gasteiger partial charge is 0.272 e. The van der Waals surface area contributed by atoms with Gasteiger partial charge in [0.05, 0.1) is 5.69 Å². The van der Waals surface area contributed by atoms with Crippen molar-refractivity contribution in [2.75, 3.05) is 20.1 Å². The lowest BCUT2D eigenvalue weighted by Gasteiger charge is -2.48. The molecule has 3 atom stereocenters. The van der Waals surface area contributed by atoms with Crippen LogP contribution in [0.4, 0.5) is 0 Å². The first-order valence-electron chi connectivity index (χ1n) is 11.1. The molecule has 2 aliphatic heterocycles. The summed E-state index contributed by atoms with van der Waals surface area (Å²) in [7, 11) is 4.16. The van der Waals surface area contributed by atoms with E-state index in [1.807, 2.05) is 14.0 Å². The molecule has 1 amide bonds. The lowest BCUT2D eigenvalue weighted by Crippen LogP contribution is -2.58.